The number of benzene rings is 2. The van der Waals surface area contributed by atoms with Crippen LogP contribution in [0, 0.1) is 0 Å². The number of hydrogen-bond donors (Lipinski definition) is 0. The van der Waals surface area contributed by atoms with Crippen molar-refractivity contribution in [1.82, 2.24) is 0 Å². The van der Waals surface area contributed by atoms with Crippen molar-refractivity contribution in [3.05, 3.63) is 71.8 Å². The van der Waals surface area contributed by atoms with Gasteiger partial charge in [0.1, 0.15) is 19.9 Å². The summed E-state index contributed by atoms with van der Waals surface area (Å²) in [5, 5.41) is 11.2. The summed E-state index contributed by atoms with van der Waals surface area (Å²) < 4.78 is 10.1. The van der Waals surface area contributed by atoms with E-state index in [0.29, 0.717) is 5.56 Å². The predicted molar refractivity (Wildman–Crippen MR) is 85.5 cm³/mol. The number of hydrogen-bond acceptors (Lipinski definition) is 6. The van der Waals surface area contributed by atoms with Crippen molar-refractivity contribution >= 4 is 25.4 Å². The van der Waals surface area contributed by atoms with E-state index in [1.807, 2.05) is 6.07 Å². The minimum atomic E-state index is -3.94. The average molecular weight is 396 g/mol. The first-order valence-electron chi connectivity index (χ1n) is 6.89. The molecular formula is C16H15Na2O5PS. The topological polar surface area (TPSA) is 81.7 Å². The summed E-state index contributed by atoms with van der Waals surface area (Å²) >= 11 is 4.77. The Hall–Kier alpha value is 0.570. The first kappa shape index (κ1) is 25.6. The van der Waals surface area contributed by atoms with Crippen molar-refractivity contribution in [2.45, 2.75) is 19.1 Å². The van der Waals surface area contributed by atoms with Gasteiger partial charge in [0.2, 0.25) is 0 Å². The molecule has 9 heteroatoms. The Bertz CT molecular complexity index is 631. The SMILES string of the molecule is O=C([O-])[C@@H](Cc1ccccc1)O[P+]([O-])([S-])OCc1ccccc1.[Na+].[Na+]. The monoisotopic (exact) mass is 396 g/mol. The van der Waals surface area contributed by atoms with E-state index in [1.54, 1.807) is 54.6 Å². The van der Waals surface area contributed by atoms with E-state index in [9.17, 15) is 14.8 Å². The zero-order valence-corrected chi connectivity index (χ0v) is 19.9. The number of carboxylic acids is 1. The van der Waals surface area contributed by atoms with Gasteiger partial charge < -0.3 is 27.0 Å². The molecule has 0 bridgehead atoms. The largest absolute Gasteiger partial charge is 1.00 e. The zero-order valence-electron chi connectivity index (χ0n) is 14.2. The molecule has 0 aromatic heterocycles. The van der Waals surface area contributed by atoms with Gasteiger partial charge in [0.15, 0.2) is 0 Å². The molecule has 5 nitrogen and oxygen atoms in total. The number of aliphatic carboxylic acids is 1. The predicted octanol–water partition coefficient (Wildman–Crippen LogP) is -4.83. The Morgan fingerprint density at radius 1 is 1.00 bits per heavy atom. The van der Waals surface area contributed by atoms with Crippen molar-refractivity contribution in [2.75, 3.05) is 0 Å². The maximum Gasteiger partial charge on any atom is 1.00 e. The van der Waals surface area contributed by atoms with Crippen molar-refractivity contribution < 1.29 is 83.0 Å². The third kappa shape index (κ3) is 9.89. The minimum absolute atomic E-state index is 0. The molecule has 0 fully saturated rings. The normalized spacial score (nSPS) is 13.7. The van der Waals surface area contributed by atoms with Crippen molar-refractivity contribution in [1.29, 1.82) is 0 Å². The molecule has 0 spiro atoms. The van der Waals surface area contributed by atoms with Gasteiger partial charge in [0.25, 0.3) is 0 Å². The van der Waals surface area contributed by atoms with Crippen LogP contribution >= 0.6 is 7.15 Å². The third-order valence-electron chi connectivity index (χ3n) is 3.02. The summed E-state index contributed by atoms with van der Waals surface area (Å²) in [6, 6.07) is 17.8. The first-order valence-corrected chi connectivity index (χ1v) is 9.44. The van der Waals surface area contributed by atoms with Crippen LogP contribution in [0.5, 0.6) is 0 Å². The summed E-state index contributed by atoms with van der Waals surface area (Å²) in [6.45, 7) is -0.0211. The van der Waals surface area contributed by atoms with Crippen LogP contribution in [0.25, 0.3) is 0 Å². The van der Waals surface area contributed by atoms with Gasteiger partial charge in [-0.3, -0.25) is 0 Å². The number of carbonyl (C=O) groups is 1. The molecule has 0 aliphatic heterocycles. The molecule has 0 amide bonds. The van der Waals surface area contributed by atoms with Crippen molar-refractivity contribution in [2.24, 2.45) is 0 Å². The molecular weight excluding hydrogens is 381 g/mol. The molecule has 2 rings (SSSR count). The molecule has 25 heavy (non-hydrogen) atoms. The molecule has 0 saturated heterocycles. The first-order chi connectivity index (χ1) is 11.0. The van der Waals surface area contributed by atoms with Gasteiger partial charge in [-0.1, -0.05) is 60.7 Å². The minimum Gasteiger partial charge on any atom is -0.648 e. The molecule has 0 N–H and O–H groups in total. The van der Waals surface area contributed by atoms with Crippen LogP contribution in [-0.2, 0) is 39.1 Å². The van der Waals surface area contributed by atoms with Gasteiger partial charge in [-0.05, 0) is 11.1 Å². The maximum absolute atomic E-state index is 12.2. The summed E-state index contributed by atoms with van der Waals surface area (Å²) in [7, 11) is -3.94. The molecule has 0 radical (unpaired) electrons. The van der Waals surface area contributed by atoms with Crippen LogP contribution in [-0.4, -0.2) is 12.1 Å². The third-order valence-corrected chi connectivity index (χ3v) is 4.55. The van der Waals surface area contributed by atoms with Gasteiger partial charge in [-0.15, -0.1) is 0 Å². The Morgan fingerprint density at radius 2 is 1.48 bits per heavy atom. The van der Waals surface area contributed by atoms with Crippen LogP contribution in [0.15, 0.2) is 60.7 Å². The van der Waals surface area contributed by atoms with Gasteiger partial charge in [-0.2, -0.15) is 0 Å². The summed E-state index contributed by atoms with van der Waals surface area (Å²) in [4.78, 5) is 23.4. The van der Waals surface area contributed by atoms with Crippen LogP contribution in [0.2, 0.25) is 0 Å². The fraction of sp³-hybridized carbons (Fsp3) is 0.188. The van der Waals surface area contributed by atoms with Crippen molar-refractivity contribution in [3.63, 3.8) is 0 Å². The van der Waals surface area contributed by atoms with Gasteiger partial charge >= 0.3 is 59.1 Å². The van der Waals surface area contributed by atoms with Gasteiger partial charge in [-0.25, -0.2) is 9.05 Å². The van der Waals surface area contributed by atoms with Gasteiger partial charge in [0.05, 0.1) is 5.97 Å². The second-order valence-corrected chi connectivity index (χ2v) is 7.51. The van der Waals surface area contributed by atoms with E-state index in [0.717, 1.165) is 5.56 Å². The summed E-state index contributed by atoms with van der Waals surface area (Å²) in [5.41, 5.74) is 1.47. The van der Waals surface area contributed by atoms with Crippen molar-refractivity contribution in [3.8, 4) is 0 Å². The van der Waals surface area contributed by atoms with Crippen LogP contribution in [0.3, 0.4) is 0 Å². The maximum atomic E-state index is 12.2. The molecule has 0 aliphatic carbocycles. The van der Waals surface area contributed by atoms with E-state index in [1.165, 1.54) is 0 Å². The number of carbonyl (C=O) groups excluding carboxylic acids is 1. The molecule has 2 aromatic carbocycles. The molecule has 122 valence electrons. The van der Waals surface area contributed by atoms with Gasteiger partial charge in [0, 0.05) is 6.42 Å². The molecule has 0 heterocycles. The standard InChI is InChI=1S/C16H17O5PS.2Na/c17-16(18)15(11-13-7-3-1-4-8-13)21-22(19,23)20-12-14-9-5-2-6-10-14;;/h1-10,15H,11-12H2,(H,17,18)(H,19,23);;/q;2*+1/p-2/t15-,22?;;/m1../s1. The van der Waals surface area contributed by atoms with E-state index < -0.39 is 19.2 Å². The smallest absolute Gasteiger partial charge is 0.648 e. The van der Waals surface area contributed by atoms with Crippen LogP contribution < -0.4 is 69.1 Å². The molecule has 2 atom stereocenters. The number of carboxylic acid groups (broad SMARTS) is 1. The van der Waals surface area contributed by atoms with E-state index in [4.69, 9.17) is 21.3 Å². The second kappa shape index (κ2) is 12.9. The van der Waals surface area contributed by atoms with E-state index in [-0.39, 0.29) is 72.1 Å². The zero-order chi connectivity index (χ0) is 16.7. The quantitative estimate of drug-likeness (QED) is 0.253. The fourth-order valence-corrected chi connectivity index (χ4v) is 3.22. The van der Waals surface area contributed by atoms with E-state index >= 15 is 0 Å². The Balaban J connectivity index is 0.00000288. The molecule has 0 aliphatic rings. The second-order valence-electron chi connectivity index (χ2n) is 4.81. The fourth-order valence-electron chi connectivity index (χ4n) is 1.91. The summed E-state index contributed by atoms with van der Waals surface area (Å²) in [6.07, 6.45) is -1.44. The molecule has 2 aromatic rings. The number of rotatable bonds is 8. The van der Waals surface area contributed by atoms with Crippen LogP contribution in [0.1, 0.15) is 11.1 Å². The Kier molecular flexibility index (Phi) is 13.2. The van der Waals surface area contributed by atoms with E-state index in [2.05, 4.69) is 0 Å². The Morgan fingerprint density at radius 3 is 1.96 bits per heavy atom. The Labute approximate surface area is 197 Å². The molecule has 1 unspecified atom stereocenters. The summed E-state index contributed by atoms with van der Waals surface area (Å²) in [5.74, 6) is -1.48. The van der Waals surface area contributed by atoms with Crippen LogP contribution in [0.4, 0.5) is 0 Å². The average Bonchev–Trinajstić information content (AvgIpc) is 2.54. The molecule has 0 saturated carbocycles.